The lowest BCUT2D eigenvalue weighted by atomic mass is 10.1. The summed E-state index contributed by atoms with van der Waals surface area (Å²) in [6.45, 7) is 2.44. The first-order valence-electron chi connectivity index (χ1n) is 7.87. The highest BCUT2D eigenvalue weighted by Crippen LogP contribution is 2.34. The first-order chi connectivity index (χ1) is 11.8. The van der Waals surface area contributed by atoms with Crippen molar-refractivity contribution in [2.75, 3.05) is 11.4 Å². The summed E-state index contributed by atoms with van der Waals surface area (Å²) in [5.74, 6) is -0.433. The standard InChI is InChI=1S/C17H18F3N3O2/c1-9-8-22(14-5-4-12(18)6-15(14)25-9)16(24)7-13-10(2)21-23(11(13)3)17(19)20/h4-6,9,17H,7-8H2,1-3H3/t9-/m1/s1. The van der Waals surface area contributed by atoms with Crippen LogP contribution in [0.15, 0.2) is 18.2 Å². The molecule has 0 N–H and O–H groups in total. The quantitative estimate of drug-likeness (QED) is 0.850. The molecule has 2 heterocycles. The minimum absolute atomic E-state index is 0.0616. The molecule has 0 aliphatic carbocycles. The van der Waals surface area contributed by atoms with Gasteiger partial charge in [0.25, 0.3) is 0 Å². The van der Waals surface area contributed by atoms with Gasteiger partial charge in [-0.05, 0) is 32.9 Å². The largest absolute Gasteiger partial charge is 0.487 e. The van der Waals surface area contributed by atoms with Gasteiger partial charge in [-0.2, -0.15) is 13.9 Å². The second-order valence-corrected chi connectivity index (χ2v) is 6.09. The maximum atomic E-state index is 13.4. The molecule has 0 bridgehead atoms. The Bertz CT molecular complexity index is 820. The predicted molar refractivity (Wildman–Crippen MR) is 85.5 cm³/mol. The van der Waals surface area contributed by atoms with E-state index in [0.29, 0.717) is 33.9 Å². The number of aromatic nitrogens is 2. The van der Waals surface area contributed by atoms with Crippen molar-refractivity contribution < 1.29 is 22.7 Å². The number of hydrogen-bond acceptors (Lipinski definition) is 3. The van der Waals surface area contributed by atoms with Crippen LogP contribution in [0, 0.1) is 19.7 Å². The van der Waals surface area contributed by atoms with Crippen molar-refractivity contribution in [2.24, 2.45) is 0 Å². The number of carbonyl (C=O) groups excluding carboxylic acids is 1. The fourth-order valence-electron chi connectivity index (χ4n) is 3.04. The van der Waals surface area contributed by atoms with Gasteiger partial charge in [0.2, 0.25) is 5.91 Å². The highest BCUT2D eigenvalue weighted by Gasteiger charge is 2.29. The summed E-state index contributed by atoms with van der Waals surface area (Å²) in [5.41, 5.74) is 1.61. The summed E-state index contributed by atoms with van der Waals surface area (Å²) < 4.78 is 45.5. The van der Waals surface area contributed by atoms with E-state index >= 15 is 0 Å². The molecule has 1 atom stereocenters. The molecule has 1 aliphatic rings. The molecular formula is C17H18F3N3O2. The Balaban J connectivity index is 1.90. The van der Waals surface area contributed by atoms with E-state index in [-0.39, 0.29) is 24.1 Å². The van der Waals surface area contributed by atoms with Gasteiger partial charge in [0, 0.05) is 17.3 Å². The van der Waals surface area contributed by atoms with E-state index in [9.17, 15) is 18.0 Å². The van der Waals surface area contributed by atoms with Crippen LogP contribution in [0.5, 0.6) is 5.75 Å². The molecule has 1 aliphatic heterocycles. The van der Waals surface area contributed by atoms with Crippen LogP contribution < -0.4 is 9.64 Å². The average molecular weight is 353 g/mol. The van der Waals surface area contributed by atoms with Crippen LogP contribution in [0.25, 0.3) is 0 Å². The van der Waals surface area contributed by atoms with E-state index in [1.165, 1.54) is 30.0 Å². The molecule has 1 aromatic carbocycles. The molecule has 5 nitrogen and oxygen atoms in total. The van der Waals surface area contributed by atoms with Gasteiger partial charge in [-0.15, -0.1) is 0 Å². The second kappa shape index (κ2) is 6.42. The monoisotopic (exact) mass is 353 g/mol. The summed E-state index contributed by atoms with van der Waals surface area (Å²) in [4.78, 5) is 14.3. The molecule has 0 radical (unpaired) electrons. The fraction of sp³-hybridized carbons (Fsp3) is 0.412. The molecule has 3 rings (SSSR count). The fourth-order valence-corrected chi connectivity index (χ4v) is 3.04. The Morgan fingerprint density at radius 2 is 2.12 bits per heavy atom. The molecule has 0 saturated heterocycles. The third kappa shape index (κ3) is 3.20. The molecule has 2 aromatic rings. The predicted octanol–water partition coefficient (Wildman–Crippen LogP) is 3.39. The number of ether oxygens (including phenoxy) is 1. The number of alkyl halides is 2. The van der Waals surface area contributed by atoms with Gasteiger partial charge in [-0.3, -0.25) is 4.79 Å². The van der Waals surface area contributed by atoms with Gasteiger partial charge in [-0.25, -0.2) is 9.07 Å². The van der Waals surface area contributed by atoms with Crippen molar-refractivity contribution in [1.29, 1.82) is 0 Å². The van der Waals surface area contributed by atoms with E-state index in [0.717, 1.165) is 0 Å². The van der Waals surface area contributed by atoms with Crippen molar-refractivity contribution >= 4 is 11.6 Å². The summed E-state index contributed by atoms with van der Waals surface area (Å²) in [6.07, 6.45) is -0.363. The zero-order valence-corrected chi connectivity index (χ0v) is 14.1. The number of carbonyl (C=O) groups is 1. The number of anilines is 1. The first-order valence-corrected chi connectivity index (χ1v) is 7.87. The number of rotatable bonds is 3. The lowest BCUT2D eigenvalue weighted by molar-refractivity contribution is -0.118. The van der Waals surface area contributed by atoms with Crippen LogP contribution in [-0.4, -0.2) is 28.3 Å². The molecule has 0 fully saturated rings. The molecule has 134 valence electrons. The van der Waals surface area contributed by atoms with Gasteiger partial charge in [0.15, 0.2) is 0 Å². The molecule has 8 heteroatoms. The van der Waals surface area contributed by atoms with E-state index in [4.69, 9.17) is 4.74 Å². The smallest absolute Gasteiger partial charge is 0.333 e. The average Bonchev–Trinajstić information content (AvgIpc) is 2.81. The Labute approximate surface area is 143 Å². The second-order valence-electron chi connectivity index (χ2n) is 6.09. The third-order valence-corrected chi connectivity index (χ3v) is 4.27. The zero-order chi connectivity index (χ0) is 18.3. The first kappa shape index (κ1) is 17.3. The van der Waals surface area contributed by atoms with Crippen molar-refractivity contribution in [3.05, 3.63) is 41.0 Å². The van der Waals surface area contributed by atoms with Crippen molar-refractivity contribution in [3.63, 3.8) is 0 Å². The van der Waals surface area contributed by atoms with Gasteiger partial charge >= 0.3 is 6.55 Å². The maximum absolute atomic E-state index is 13.4. The Hall–Kier alpha value is -2.51. The summed E-state index contributed by atoms with van der Waals surface area (Å²) in [6, 6.07) is 3.97. The van der Waals surface area contributed by atoms with E-state index < -0.39 is 12.4 Å². The SMILES string of the molecule is Cc1nn(C(F)F)c(C)c1CC(=O)N1C[C@@H](C)Oc2cc(F)ccc21. The van der Waals surface area contributed by atoms with Crippen molar-refractivity contribution in [1.82, 2.24) is 9.78 Å². The van der Waals surface area contributed by atoms with Gasteiger partial charge in [0.05, 0.1) is 24.3 Å². The van der Waals surface area contributed by atoms with Crippen molar-refractivity contribution in [2.45, 2.75) is 39.8 Å². The number of aryl methyl sites for hydroxylation is 1. The minimum Gasteiger partial charge on any atom is -0.487 e. The maximum Gasteiger partial charge on any atom is 0.333 e. The minimum atomic E-state index is -2.75. The van der Waals surface area contributed by atoms with Gasteiger partial charge in [-0.1, -0.05) is 0 Å². The number of fused-ring (bicyclic) bond motifs is 1. The number of amides is 1. The van der Waals surface area contributed by atoms with Crippen molar-refractivity contribution in [3.8, 4) is 5.75 Å². The Morgan fingerprint density at radius 3 is 2.76 bits per heavy atom. The van der Waals surface area contributed by atoms with E-state index in [1.54, 1.807) is 13.8 Å². The highest BCUT2D eigenvalue weighted by molar-refractivity contribution is 5.96. The van der Waals surface area contributed by atoms with Crippen LogP contribution in [0.3, 0.4) is 0 Å². The molecule has 0 saturated carbocycles. The zero-order valence-electron chi connectivity index (χ0n) is 14.1. The van der Waals surface area contributed by atoms with E-state index in [1.807, 2.05) is 0 Å². The highest BCUT2D eigenvalue weighted by atomic mass is 19.3. The van der Waals surface area contributed by atoms with Crippen LogP contribution in [0.4, 0.5) is 18.9 Å². The van der Waals surface area contributed by atoms with Crippen LogP contribution >= 0.6 is 0 Å². The van der Waals surface area contributed by atoms with Crippen LogP contribution in [0.2, 0.25) is 0 Å². The molecule has 25 heavy (non-hydrogen) atoms. The summed E-state index contributed by atoms with van der Waals surface area (Å²) >= 11 is 0. The van der Waals surface area contributed by atoms with Crippen LogP contribution in [0.1, 0.15) is 30.4 Å². The molecular weight excluding hydrogens is 335 g/mol. The molecule has 1 aromatic heterocycles. The Kier molecular flexibility index (Phi) is 4.45. The normalized spacial score (nSPS) is 16.8. The number of hydrogen-bond donors (Lipinski definition) is 0. The number of halogens is 3. The lowest BCUT2D eigenvalue weighted by Gasteiger charge is -2.33. The summed E-state index contributed by atoms with van der Waals surface area (Å²) in [7, 11) is 0. The topological polar surface area (TPSA) is 47.4 Å². The van der Waals surface area contributed by atoms with Gasteiger partial charge < -0.3 is 9.64 Å². The molecule has 1 amide bonds. The third-order valence-electron chi connectivity index (χ3n) is 4.27. The Morgan fingerprint density at radius 1 is 1.40 bits per heavy atom. The van der Waals surface area contributed by atoms with E-state index in [2.05, 4.69) is 5.10 Å². The number of nitrogens with zero attached hydrogens (tertiary/aromatic N) is 3. The number of benzene rings is 1. The van der Waals surface area contributed by atoms with Gasteiger partial charge in [0.1, 0.15) is 17.7 Å². The summed E-state index contributed by atoms with van der Waals surface area (Å²) in [5, 5.41) is 3.80. The molecule has 0 spiro atoms. The van der Waals surface area contributed by atoms with Crippen LogP contribution in [-0.2, 0) is 11.2 Å². The molecule has 0 unspecified atom stereocenters. The lowest BCUT2D eigenvalue weighted by Crippen LogP contribution is -2.43.